The molecule has 5 heteroatoms. The Morgan fingerprint density at radius 2 is 1.90 bits per heavy atom. The van der Waals surface area contributed by atoms with Crippen molar-refractivity contribution < 1.29 is 8.42 Å². The van der Waals surface area contributed by atoms with Crippen LogP contribution in [0.15, 0.2) is 0 Å². The van der Waals surface area contributed by atoms with E-state index in [0.29, 0.717) is 0 Å². The van der Waals surface area contributed by atoms with Crippen LogP contribution in [0.3, 0.4) is 0 Å². The van der Waals surface area contributed by atoms with Gasteiger partial charge in [0.05, 0.1) is 6.07 Å². The Labute approximate surface area is 60.9 Å². The van der Waals surface area contributed by atoms with Crippen molar-refractivity contribution >= 4 is 10.0 Å². The third-order valence-corrected chi connectivity index (χ3v) is 3.18. The molecule has 58 valence electrons. The lowest BCUT2D eigenvalue weighted by Gasteiger charge is -2.13. The summed E-state index contributed by atoms with van der Waals surface area (Å²) in [6.45, 7) is 2.69. The summed E-state index contributed by atoms with van der Waals surface area (Å²) < 4.78 is 22.6. The van der Waals surface area contributed by atoms with Crippen LogP contribution >= 0.6 is 0 Å². The molecule has 0 aromatic heterocycles. The lowest BCUT2D eigenvalue weighted by Crippen LogP contribution is -2.38. The van der Waals surface area contributed by atoms with Gasteiger partial charge in [0.1, 0.15) is 0 Å². The summed E-state index contributed by atoms with van der Waals surface area (Å²) in [6.07, 6.45) is 0. The summed E-state index contributed by atoms with van der Waals surface area (Å²) in [4.78, 5) is 0. The van der Waals surface area contributed by atoms with E-state index in [1.807, 2.05) is 0 Å². The highest BCUT2D eigenvalue weighted by atomic mass is 32.2. The lowest BCUT2D eigenvalue weighted by molar-refractivity contribution is 0.565. The van der Waals surface area contributed by atoms with Gasteiger partial charge in [0, 0.05) is 0 Å². The molecule has 4 nitrogen and oxygen atoms in total. The first-order valence-corrected chi connectivity index (χ1v) is 4.20. The summed E-state index contributed by atoms with van der Waals surface area (Å²) >= 11 is 0. The minimum atomic E-state index is -3.46. The van der Waals surface area contributed by atoms with Crippen molar-refractivity contribution in [1.82, 2.24) is 4.72 Å². The van der Waals surface area contributed by atoms with Crippen LogP contribution in [0.5, 0.6) is 0 Å². The average molecular weight is 162 g/mol. The molecule has 0 aliphatic carbocycles. The van der Waals surface area contributed by atoms with Crippen LogP contribution in [0.4, 0.5) is 0 Å². The minimum absolute atomic E-state index is 1.29. The van der Waals surface area contributed by atoms with Crippen LogP contribution < -0.4 is 4.72 Å². The molecule has 0 rings (SSSR count). The molecule has 1 N–H and O–H groups in total. The first-order chi connectivity index (χ1) is 4.37. The van der Waals surface area contributed by atoms with Crippen LogP contribution in [0.2, 0.25) is 0 Å². The van der Waals surface area contributed by atoms with Gasteiger partial charge in [-0.2, -0.15) is 5.26 Å². The second-order valence-corrected chi connectivity index (χ2v) is 4.77. The van der Waals surface area contributed by atoms with E-state index in [4.69, 9.17) is 5.26 Å². The third-order valence-electron chi connectivity index (χ3n) is 1.21. The molecule has 0 spiro atoms. The van der Waals surface area contributed by atoms with Gasteiger partial charge in [-0.05, 0) is 20.9 Å². The Hall–Kier alpha value is -0.600. The molecule has 10 heavy (non-hydrogen) atoms. The van der Waals surface area contributed by atoms with E-state index in [-0.39, 0.29) is 0 Å². The molecule has 0 aliphatic rings. The first kappa shape index (κ1) is 9.40. The first-order valence-electron chi connectivity index (χ1n) is 2.72. The smallest absolute Gasteiger partial charge is 0.217 e. The molecule has 0 aromatic rings. The maximum absolute atomic E-state index is 10.9. The predicted octanol–water partition coefficient (Wildman–Crippen LogP) is -0.162. The summed E-state index contributed by atoms with van der Waals surface area (Å²) in [5.41, 5.74) is 0. The number of nitrogens with one attached hydrogen (secondary N) is 1. The molecule has 0 unspecified atom stereocenters. The van der Waals surface area contributed by atoms with Crippen LogP contribution in [0.25, 0.3) is 0 Å². The molecular weight excluding hydrogens is 152 g/mol. The number of hydrogen-bond acceptors (Lipinski definition) is 3. The number of nitrogens with zero attached hydrogens (tertiary/aromatic N) is 1. The van der Waals surface area contributed by atoms with E-state index in [1.165, 1.54) is 20.9 Å². The summed E-state index contributed by atoms with van der Waals surface area (Å²) in [5, 5.41) is 8.39. The fraction of sp³-hybridized carbons (Fsp3) is 0.800. The molecule has 0 atom stereocenters. The molecule has 0 aromatic carbocycles. The molecule has 0 heterocycles. The van der Waals surface area contributed by atoms with Crippen LogP contribution in [0.1, 0.15) is 13.8 Å². The van der Waals surface area contributed by atoms with Crippen molar-refractivity contribution in [3.63, 3.8) is 0 Å². The van der Waals surface area contributed by atoms with E-state index in [9.17, 15) is 8.42 Å². The van der Waals surface area contributed by atoms with Crippen molar-refractivity contribution in [2.24, 2.45) is 0 Å². The topological polar surface area (TPSA) is 70.0 Å². The zero-order valence-electron chi connectivity index (χ0n) is 6.17. The van der Waals surface area contributed by atoms with Crippen LogP contribution in [-0.2, 0) is 10.0 Å². The monoisotopic (exact) mass is 162 g/mol. The van der Waals surface area contributed by atoms with Gasteiger partial charge in [0.15, 0.2) is 4.75 Å². The Morgan fingerprint density at radius 3 is 2.00 bits per heavy atom. The number of rotatable bonds is 2. The number of nitriles is 1. The lowest BCUT2D eigenvalue weighted by atomic mass is 10.2. The second kappa shape index (κ2) is 2.56. The SMILES string of the molecule is CNS(=O)(=O)C(C)(C)C#N. The maximum Gasteiger partial charge on any atom is 0.230 e. The third kappa shape index (κ3) is 1.46. The van der Waals surface area contributed by atoms with Crippen molar-refractivity contribution in [1.29, 1.82) is 5.26 Å². The van der Waals surface area contributed by atoms with Gasteiger partial charge in [-0.25, -0.2) is 13.1 Å². The molecule has 0 saturated heterocycles. The van der Waals surface area contributed by atoms with Crippen LogP contribution in [-0.4, -0.2) is 20.2 Å². The zero-order chi connectivity index (χ0) is 8.41. The molecule has 0 aliphatic heterocycles. The van der Waals surface area contributed by atoms with E-state index in [2.05, 4.69) is 4.72 Å². The van der Waals surface area contributed by atoms with Crippen molar-refractivity contribution in [3.05, 3.63) is 0 Å². The Bertz CT molecular complexity index is 247. The molecule has 0 fully saturated rings. The predicted molar refractivity (Wildman–Crippen MR) is 37.7 cm³/mol. The fourth-order valence-corrected chi connectivity index (χ4v) is 0.946. The molecule has 0 saturated carbocycles. The van der Waals surface area contributed by atoms with Crippen molar-refractivity contribution in [2.75, 3.05) is 7.05 Å². The van der Waals surface area contributed by atoms with E-state index < -0.39 is 14.8 Å². The Balaban J connectivity index is 4.88. The average Bonchev–Trinajstić information content (AvgIpc) is 1.88. The summed E-state index contributed by atoms with van der Waals surface area (Å²) in [5.74, 6) is 0. The highest BCUT2D eigenvalue weighted by molar-refractivity contribution is 7.91. The quantitative estimate of drug-likeness (QED) is 0.613. The number of sulfonamides is 1. The van der Waals surface area contributed by atoms with Gasteiger partial charge < -0.3 is 0 Å². The maximum atomic E-state index is 10.9. The standard InChI is InChI=1S/C5H10N2O2S/c1-5(2,4-6)10(8,9)7-3/h7H,1-3H3. The fourth-order valence-electron chi connectivity index (χ4n) is 0.315. The van der Waals surface area contributed by atoms with Gasteiger partial charge >= 0.3 is 0 Å². The zero-order valence-corrected chi connectivity index (χ0v) is 6.99. The van der Waals surface area contributed by atoms with E-state index in [1.54, 1.807) is 6.07 Å². The van der Waals surface area contributed by atoms with Crippen molar-refractivity contribution in [3.8, 4) is 6.07 Å². The van der Waals surface area contributed by atoms with Crippen LogP contribution in [0, 0.1) is 11.3 Å². The highest BCUT2D eigenvalue weighted by Gasteiger charge is 2.32. The van der Waals surface area contributed by atoms with Gasteiger partial charge in [-0.3, -0.25) is 0 Å². The highest BCUT2D eigenvalue weighted by Crippen LogP contribution is 2.11. The van der Waals surface area contributed by atoms with E-state index in [0.717, 1.165) is 0 Å². The number of hydrogen-bond donors (Lipinski definition) is 1. The van der Waals surface area contributed by atoms with Gasteiger partial charge in [0.25, 0.3) is 0 Å². The summed E-state index contributed by atoms with van der Waals surface area (Å²) in [7, 11) is -2.17. The Morgan fingerprint density at radius 1 is 1.50 bits per heavy atom. The second-order valence-electron chi connectivity index (χ2n) is 2.33. The molecule has 0 bridgehead atoms. The largest absolute Gasteiger partial charge is 0.230 e. The Kier molecular flexibility index (Phi) is 2.41. The van der Waals surface area contributed by atoms with Gasteiger partial charge in [0.2, 0.25) is 10.0 Å². The van der Waals surface area contributed by atoms with Crippen molar-refractivity contribution in [2.45, 2.75) is 18.6 Å². The van der Waals surface area contributed by atoms with Gasteiger partial charge in [-0.1, -0.05) is 0 Å². The normalized spacial score (nSPS) is 12.6. The molecular formula is C5H10N2O2S. The van der Waals surface area contributed by atoms with E-state index >= 15 is 0 Å². The minimum Gasteiger partial charge on any atom is -0.217 e. The summed E-state index contributed by atoms with van der Waals surface area (Å²) in [6, 6.07) is 1.68. The molecule has 0 radical (unpaired) electrons. The molecule has 0 amide bonds. The van der Waals surface area contributed by atoms with Gasteiger partial charge in [-0.15, -0.1) is 0 Å².